The van der Waals surface area contributed by atoms with E-state index in [1.54, 1.807) is 10.9 Å². The van der Waals surface area contributed by atoms with E-state index in [9.17, 15) is 0 Å². The Morgan fingerprint density at radius 3 is 2.68 bits per heavy atom. The van der Waals surface area contributed by atoms with Gasteiger partial charge in [-0.15, -0.1) is 5.10 Å². The van der Waals surface area contributed by atoms with Crippen molar-refractivity contribution in [3.05, 3.63) is 46.0 Å². The Bertz CT molecular complexity index is 1030. The minimum Gasteiger partial charge on any atom is -0.490 e. The summed E-state index contributed by atoms with van der Waals surface area (Å²) in [6, 6.07) is 7.67. The van der Waals surface area contributed by atoms with Gasteiger partial charge in [0.2, 0.25) is 4.77 Å². The summed E-state index contributed by atoms with van der Waals surface area (Å²) in [7, 11) is 0. The van der Waals surface area contributed by atoms with Crippen molar-refractivity contribution in [2.75, 3.05) is 13.2 Å². The Morgan fingerprint density at radius 1 is 1.18 bits per heavy atom. The number of nitrogens with zero attached hydrogens (tertiary/aromatic N) is 5. The summed E-state index contributed by atoms with van der Waals surface area (Å²) in [6.45, 7) is 9.08. The van der Waals surface area contributed by atoms with Crippen LogP contribution >= 0.6 is 12.2 Å². The summed E-state index contributed by atoms with van der Waals surface area (Å²) in [6.07, 6.45) is 2.63. The highest BCUT2D eigenvalue weighted by Gasteiger charge is 2.12. The van der Waals surface area contributed by atoms with Gasteiger partial charge in [-0.05, 0) is 69.2 Å². The van der Waals surface area contributed by atoms with Crippen LogP contribution in [0.15, 0.2) is 29.4 Å². The molecule has 0 spiro atoms. The number of aromatic amines is 1. The van der Waals surface area contributed by atoms with Crippen molar-refractivity contribution in [3.63, 3.8) is 0 Å². The van der Waals surface area contributed by atoms with Gasteiger partial charge in [0.1, 0.15) is 0 Å². The zero-order valence-corrected chi connectivity index (χ0v) is 17.3. The summed E-state index contributed by atoms with van der Waals surface area (Å²) in [5.41, 5.74) is 2.69. The lowest BCUT2D eigenvalue weighted by molar-refractivity contribution is 0.277. The molecule has 8 nitrogen and oxygen atoms in total. The van der Waals surface area contributed by atoms with E-state index in [1.165, 1.54) is 4.68 Å². The second-order valence-electron chi connectivity index (χ2n) is 6.21. The van der Waals surface area contributed by atoms with Gasteiger partial charge in [-0.3, -0.25) is 0 Å². The number of aromatic nitrogens is 5. The molecule has 2 aromatic heterocycles. The van der Waals surface area contributed by atoms with E-state index in [4.69, 9.17) is 21.7 Å². The number of rotatable bonds is 8. The minimum atomic E-state index is 0.381. The van der Waals surface area contributed by atoms with Gasteiger partial charge in [0.25, 0.3) is 5.95 Å². The molecule has 9 heteroatoms. The molecule has 148 valence electrons. The summed E-state index contributed by atoms with van der Waals surface area (Å²) in [5, 5.41) is 16.0. The van der Waals surface area contributed by atoms with E-state index in [-0.39, 0.29) is 0 Å². The maximum atomic E-state index is 5.74. The monoisotopic (exact) mass is 400 g/mol. The maximum Gasteiger partial charge on any atom is 0.271 e. The normalized spacial score (nSPS) is 11.3. The molecule has 0 bridgehead atoms. The van der Waals surface area contributed by atoms with Crippen LogP contribution in [0, 0.1) is 18.6 Å². The summed E-state index contributed by atoms with van der Waals surface area (Å²) in [5.74, 6) is 1.92. The van der Waals surface area contributed by atoms with Crippen LogP contribution in [0.5, 0.6) is 11.5 Å². The van der Waals surface area contributed by atoms with Crippen LogP contribution in [0.3, 0.4) is 0 Å². The number of aryl methyl sites for hydroxylation is 2. The van der Waals surface area contributed by atoms with Crippen LogP contribution in [0.25, 0.3) is 5.95 Å². The number of hydrogen-bond donors (Lipinski definition) is 1. The molecule has 0 fully saturated rings. The molecule has 0 radical (unpaired) electrons. The zero-order valence-electron chi connectivity index (χ0n) is 16.5. The van der Waals surface area contributed by atoms with Gasteiger partial charge in [-0.25, -0.2) is 9.78 Å². The number of benzene rings is 1. The van der Waals surface area contributed by atoms with Crippen LogP contribution in [0.4, 0.5) is 0 Å². The fourth-order valence-electron chi connectivity index (χ4n) is 2.68. The number of ether oxygens (including phenoxy) is 2. The van der Waals surface area contributed by atoms with Gasteiger partial charge in [0.15, 0.2) is 11.5 Å². The predicted octanol–water partition coefficient (Wildman–Crippen LogP) is 3.81. The third kappa shape index (κ3) is 4.30. The molecule has 0 saturated carbocycles. The topological polar surface area (TPSA) is 82.3 Å². The van der Waals surface area contributed by atoms with Crippen LogP contribution in [0.1, 0.15) is 37.2 Å². The Kier molecular flexibility index (Phi) is 6.25. The van der Waals surface area contributed by atoms with E-state index >= 15 is 0 Å². The minimum absolute atomic E-state index is 0.381. The lowest BCUT2D eigenvalue weighted by Gasteiger charge is -2.11. The Hall–Kier alpha value is -2.94. The van der Waals surface area contributed by atoms with Crippen molar-refractivity contribution in [1.29, 1.82) is 0 Å². The molecule has 0 saturated heterocycles. The average Bonchev–Trinajstić information content (AvgIpc) is 3.20. The van der Waals surface area contributed by atoms with Gasteiger partial charge in [-0.2, -0.15) is 14.9 Å². The Labute approximate surface area is 168 Å². The molecular formula is C19H24N6O2S. The largest absolute Gasteiger partial charge is 0.490 e. The molecule has 0 aliphatic heterocycles. The first kappa shape index (κ1) is 19.8. The molecule has 0 amide bonds. The van der Waals surface area contributed by atoms with Crippen molar-refractivity contribution < 1.29 is 9.47 Å². The number of nitrogens with one attached hydrogen (secondary N) is 1. The van der Waals surface area contributed by atoms with E-state index in [1.807, 2.05) is 45.0 Å². The SMILES string of the molecule is CCCOc1ccc(/C=N\n2c(-n3nc(C)cc3C)n[nH]c2=S)cc1OCC. The third-order valence-electron chi connectivity index (χ3n) is 3.88. The second-order valence-corrected chi connectivity index (χ2v) is 6.60. The standard InChI is InChI=1S/C19H24N6O2S/c1-5-9-27-16-8-7-15(11-17(16)26-6-2)12-20-25-18(21-22-19(25)28)24-14(4)10-13(3)23-24/h7-8,10-12H,5-6,9H2,1-4H3,(H,22,28)/b20-12-. The highest BCUT2D eigenvalue weighted by molar-refractivity contribution is 7.71. The van der Waals surface area contributed by atoms with E-state index < -0.39 is 0 Å². The lowest BCUT2D eigenvalue weighted by Crippen LogP contribution is -2.07. The van der Waals surface area contributed by atoms with Crippen molar-refractivity contribution in [2.45, 2.75) is 34.1 Å². The average molecular weight is 401 g/mol. The van der Waals surface area contributed by atoms with Gasteiger partial charge in [0.05, 0.1) is 25.1 Å². The molecule has 0 aliphatic carbocycles. The van der Waals surface area contributed by atoms with Crippen molar-refractivity contribution in [3.8, 4) is 17.4 Å². The van der Waals surface area contributed by atoms with Crippen LogP contribution in [-0.4, -0.2) is 44.1 Å². The highest BCUT2D eigenvalue weighted by Crippen LogP contribution is 2.28. The first-order valence-electron chi connectivity index (χ1n) is 9.18. The van der Waals surface area contributed by atoms with Gasteiger partial charge in [-0.1, -0.05) is 6.92 Å². The molecule has 1 aromatic carbocycles. The van der Waals surface area contributed by atoms with Crippen molar-refractivity contribution >= 4 is 18.4 Å². The molecule has 0 aliphatic rings. The quantitative estimate of drug-likeness (QED) is 0.459. The van der Waals surface area contributed by atoms with Gasteiger partial charge in [0, 0.05) is 5.69 Å². The fourth-order valence-corrected chi connectivity index (χ4v) is 2.86. The number of hydrogen-bond acceptors (Lipinski definition) is 6. The maximum absolute atomic E-state index is 5.74. The molecule has 3 aromatic rings. The molecular weight excluding hydrogens is 376 g/mol. The van der Waals surface area contributed by atoms with E-state index in [0.717, 1.165) is 29.1 Å². The second kappa shape index (κ2) is 8.83. The number of H-pyrrole nitrogens is 1. The van der Waals surface area contributed by atoms with Gasteiger partial charge >= 0.3 is 0 Å². The fraction of sp³-hybridized carbons (Fsp3) is 0.368. The van der Waals surface area contributed by atoms with E-state index in [0.29, 0.717) is 29.7 Å². The first-order valence-corrected chi connectivity index (χ1v) is 9.59. The van der Waals surface area contributed by atoms with Crippen LogP contribution < -0.4 is 9.47 Å². The summed E-state index contributed by atoms with van der Waals surface area (Å²) in [4.78, 5) is 0. The molecule has 1 N–H and O–H groups in total. The first-order chi connectivity index (χ1) is 13.5. The zero-order chi connectivity index (χ0) is 20.1. The van der Waals surface area contributed by atoms with E-state index in [2.05, 4.69) is 27.3 Å². The molecule has 3 rings (SSSR count). The third-order valence-corrected chi connectivity index (χ3v) is 4.15. The van der Waals surface area contributed by atoms with Crippen LogP contribution in [0.2, 0.25) is 0 Å². The Balaban J connectivity index is 1.92. The molecule has 28 heavy (non-hydrogen) atoms. The molecule has 0 atom stereocenters. The Morgan fingerprint density at radius 2 is 2.00 bits per heavy atom. The van der Waals surface area contributed by atoms with Gasteiger partial charge < -0.3 is 9.47 Å². The summed E-state index contributed by atoms with van der Waals surface area (Å²) < 4.78 is 15.1. The smallest absolute Gasteiger partial charge is 0.271 e. The molecule has 0 unspecified atom stereocenters. The highest BCUT2D eigenvalue weighted by atomic mass is 32.1. The summed E-state index contributed by atoms with van der Waals surface area (Å²) >= 11 is 5.32. The van der Waals surface area contributed by atoms with Crippen molar-refractivity contribution in [1.82, 2.24) is 24.7 Å². The van der Waals surface area contributed by atoms with Crippen molar-refractivity contribution in [2.24, 2.45) is 5.10 Å². The lowest BCUT2D eigenvalue weighted by atomic mass is 10.2. The van der Waals surface area contributed by atoms with Crippen LogP contribution in [-0.2, 0) is 0 Å². The predicted molar refractivity (Wildman–Crippen MR) is 110 cm³/mol. The molecule has 2 heterocycles.